The molecule has 1 aliphatic rings. The first-order valence-electron chi connectivity index (χ1n) is 4.18. The summed E-state index contributed by atoms with van der Waals surface area (Å²) in [5, 5.41) is 3.19. The van der Waals surface area contributed by atoms with Crippen LogP contribution in [-0.2, 0) is 11.1 Å². The molecular weight excluding hydrogens is 176 g/mol. The summed E-state index contributed by atoms with van der Waals surface area (Å²) in [5.41, 5.74) is 0. The van der Waals surface area contributed by atoms with Crippen molar-refractivity contribution in [2.45, 2.75) is 12.5 Å². The van der Waals surface area contributed by atoms with Crippen molar-refractivity contribution in [3.8, 4) is 0 Å². The first kappa shape index (κ1) is 10.1. The summed E-state index contributed by atoms with van der Waals surface area (Å²) in [7, 11) is 2.06. The lowest BCUT2D eigenvalue weighted by molar-refractivity contribution is 0.181. The Bertz CT molecular complexity index is 161. The van der Waals surface area contributed by atoms with Crippen molar-refractivity contribution in [1.29, 1.82) is 0 Å². The minimum absolute atomic E-state index is 0.393. The first-order valence-corrected chi connectivity index (χ1v) is 5.46. The monoisotopic (exact) mass is 192 g/mol. The number of hydrogen-bond acceptors (Lipinski definition) is 3. The Morgan fingerprint density at radius 3 is 2.75 bits per heavy atom. The highest BCUT2D eigenvalue weighted by Gasteiger charge is 2.20. The van der Waals surface area contributed by atoms with Gasteiger partial charge in [-0.3, -0.25) is 0 Å². The van der Waals surface area contributed by atoms with Gasteiger partial charge in [-0.15, -0.1) is 0 Å². The zero-order valence-corrected chi connectivity index (χ0v) is 8.14. The Labute approximate surface area is 75.6 Å². The van der Waals surface area contributed by atoms with Gasteiger partial charge in [0.25, 0.3) is 0 Å². The maximum atomic E-state index is 10.3. The molecule has 0 aliphatic carbocycles. The lowest BCUT2D eigenvalue weighted by Crippen LogP contribution is -2.56. The molecule has 4 nitrogen and oxygen atoms in total. The molecule has 72 valence electrons. The fraction of sp³-hybridized carbons (Fsp3) is 1.00. The second-order valence-electron chi connectivity index (χ2n) is 3.17. The van der Waals surface area contributed by atoms with Crippen LogP contribution in [0.15, 0.2) is 0 Å². The molecule has 0 aromatic rings. The molecule has 12 heavy (non-hydrogen) atoms. The van der Waals surface area contributed by atoms with E-state index < -0.39 is 11.1 Å². The van der Waals surface area contributed by atoms with E-state index in [0.717, 1.165) is 26.1 Å². The highest BCUT2D eigenvalue weighted by molar-refractivity contribution is 7.79. The number of rotatable bonds is 5. The zero-order valence-electron chi connectivity index (χ0n) is 7.32. The van der Waals surface area contributed by atoms with Crippen LogP contribution in [0.3, 0.4) is 0 Å². The largest absolute Gasteiger partial charge is 0.314 e. The number of nitrogens with zero attached hydrogens (tertiary/aromatic N) is 1. The predicted molar refractivity (Wildman–Crippen MR) is 49.5 cm³/mol. The molecule has 0 aromatic heterocycles. The molecule has 0 spiro atoms. The van der Waals surface area contributed by atoms with E-state index in [1.807, 2.05) is 0 Å². The van der Waals surface area contributed by atoms with Gasteiger partial charge in [-0.1, -0.05) is 0 Å². The minimum Gasteiger partial charge on any atom is -0.314 e. The molecule has 0 aromatic carbocycles. The molecule has 0 saturated carbocycles. The summed E-state index contributed by atoms with van der Waals surface area (Å²) < 4.78 is 18.8. The van der Waals surface area contributed by atoms with E-state index in [-0.39, 0.29) is 0 Å². The van der Waals surface area contributed by atoms with Crippen LogP contribution in [-0.4, -0.2) is 52.1 Å². The maximum absolute atomic E-state index is 10.3. The first-order chi connectivity index (χ1) is 5.70. The van der Waals surface area contributed by atoms with Gasteiger partial charge >= 0.3 is 0 Å². The van der Waals surface area contributed by atoms with Crippen LogP contribution < -0.4 is 5.32 Å². The van der Waals surface area contributed by atoms with Gasteiger partial charge in [-0.2, -0.15) is 0 Å². The van der Waals surface area contributed by atoms with Crippen molar-refractivity contribution < 1.29 is 8.76 Å². The summed E-state index contributed by atoms with van der Waals surface area (Å²) in [5.74, 6) is 0.393. The van der Waals surface area contributed by atoms with Crippen molar-refractivity contribution in [2.24, 2.45) is 0 Å². The second kappa shape index (κ2) is 4.91. The molecule has 0 bridgehead atoms. The van der Waals surface area contributed by atoms with E-state index in [4.69, 9.17) is 4.55 Å². The lowest BCUT2D eigenvalue weighted by atomic mass is 10.1. The van der Waals surface area contributed by atoms with Gasteiger partial charge in [0.1, 0.15) is 0 Å². The minimum atomic E-state index is -1.62. The third-order valence-corrected chi connectivity index (χ3v) is 2.85. The molecule has 0 amide bonds. The van der Waals surface area contributed by atoms with Crippen LogP contribution in [0.1, 0.15) is 6.42 Å². The van der Waals surface area contributed by atoms with E-state index in [1.54, 1.807) is 0 Å². The van der Waals surface area contributed by atoms with Crippen molar-refractivity contribution in [1.82, 2.24) is 10.2 Å². The van der Waals surface area contributed by atoms with Crippen LogP contribution in [0.5, 0.6) is 0 Å². The molecular formula is C7H16N2O2S. The Hall–Kier alpha value is 0.0300. The average molecular weight is 192 g/mol. The van der Waals surface area contributed by atoms with Gasteiger partial charge < -0.3 is 14.8 Å². The van der Waals surface area contributed by atoms with Crippen LogP contribution in [0.25, 0.3) is 0 Å². The highest BCUT2D eigenvalue weighted by atomic mass is 32.2. The number of nitrogens with one attached hydrogen (secondary N) is 1. The SMILES string of the molecule is CN(CCCS(=O)O)C1CNC1. The summed E-state index contributed by atoms with van der Waals surface area (Å²) in [6, 6.07) is 0.636. The van der Waals surface area contributed by atoms with Crippen molar-refractivity contribution in [2.75, 3.05) is 32.4 Å². The van der Waals surface area contributed by atoms with Gasteiger partial charge in [0.05, 0.1) is 5.75 Å². The van der Waals surface area contributed by atoms with Gasteiger partial charge in [0.15, 0.2) is 11.1 Å². The summed E-state index contributed by atoms with van der Waals surface area (Å²) >= 11 is -1.62. The van der Waals surface area contributed by atoms with Crippen LogP contribution in [0, 0.1) is 0 Å². The van der Waals surface area contributed by atoms with Crippen molar-refractivity contribution in [3.63, 3.8) is 0 Å². The van der Waals surface area contributed by atoms with Crippen LogP contribution in [0.2, 0.25) is 0 Å². The topological polar surface area (TPSA) is 52.6 Å². The second-order valence-corrected chi connectivity index (χ2v) is 4.22. The van der Waals surface area contributed by atoms with Gasteiger partial charge in [0, 0.05) is 19.1 Å². The molecule has 2 N–H and O–H groups in total. The lowest BCUT2D eigenvalue weighted by Gasteiger charge is -2.35. The van der Waals surface area contributed by atoms with Crippen LogP contribution >= 0.6 is 0 Å². The molecule has 1 aliphatic heterocycles. The highest BCUT2D eigenvalue weighted by Crippen LogP contribution is 2.02. The molecule has 1 rings (SSSR count). The van der Waals surface area contributed by atoms with Gasteiger partial charge in [-0.25, -0.2) is 4.21 Å². The average Bonchev–Trinajstić information content (AvgIpc) is 1.81. The van der Waals surface area contributed by atoms with Gasteiger partial charge in [-0.05, 0) is 20.0 Å². The van der Waals surface area contributed by atoms with Crippen molar-refractivity contribution >= 4 is 11.1 Å². The van der Waals surface area contributed by atoms with E-state index in [0.29, 0.717) is 11.8 Å². The Kier molecular flexibility index (Phi) is 4.14. The molecule has 1 atom stereocenters. The van der Waals surface area contributed by atoms with Gasteiger partial charge in [0.2, 0.25) is 0 Å². The fourth-order valence-electron chi connectivity index (χ4n) is 1.21. The summed E-state index contributed by atoms with van der Waals surface area (Å²) in [6.45, 7) is 3.02. The third-order valence-electron chi connectivity index (χ3n) is 2.21. The predicted octanol–water partition coefficient (Wildman–Crippen LogP) is -0.498. The quantitative estimate of drug-likeness (QED) is 0.577. The number of likely N-dealkylation sites (N-methyl/N-ethyl adjacent to an activating group) is 1. The number of hydrogen-bond donors (Lipinski definition) is 2. The van der Waals surface area contributed by atoms with E-state index in [9.17, 15) is 4.21 Å². The standard InChI is InChI=1S/C7H16N2O2S/c1-9(7-5-8-6-7)3-2-4-12(10)11/h7-8H,2-6H2,1H3,(H,10,11). The normalized spacial score (nSPS) is 20.9. The Morgan fingerprint density at radius 1 is 1.67 bits per heavy atom. The molecule has 0 radical (unpaired) electrons. The van der Waals surface area contributed by atoms with E-state index in [2.05, 4.69) is 17.3 Å². The van der Waals surface area contributed by atoms with E-state index >= 15 is 0 Å². The summed E-state index contributed by atoms with van der Waals surface area (Å²) in [6.07, 6.45) is 0.802. The van der Waals surface area contributed by atoms with Crippen molar-refractivity contribution in [3.05, 3.63) is 0 Å². The summed E-state index contributed by atoms with van der Waals surface area (Å²) in [4.78, 5) is 2.24. The fourth-order valence-corrected chi connectivity index (χ4v) is 1.58. The Balaban J connectivity index is 2.01. The van der Waals surface area contributed by atoms with E-state index in [1.165, 1.54) is 0 Å². The maximum Gasteiger partial charge on any atom is 0.152 e. The molecule has 5 heteroatoms. The van der Waals surface area contributed by atoms with Crippen LogP contribution in [0.4, 0.5) is 0 Å². The zero-order chi connectivity index (χ0) is 8.97. The molecule has 1 heterocycles. The Morgan fingerprint density at radius 2 is 2.33 bits per heavy atom. The molecule has 1 saturated heterocycles. The molecule has 1 fully saturated rings. The third kappa shape index (κ3) is 3.18. The smallest absolute Gasteiger partial charge is 0.152 e. The molecule has 1 unspecified atom stereocenters.